The number of halogens is 2. The summed E-state index contributed by atoms with van der Waals surface area (Å²) in [6.07, 6.45) is 2.90. The lowest BCUT2D eigenvalue weighted by Gasteiger charge is -2.33. The molecule has 2 heterocycles. The zero-order valence-electron chi connectivity index (χ0n) is 21.5. The largest absolute Gasteiger partial charge is 0.385 e. The number of likely N-dealkylation sites (tertiary alicyclic amines) is 1. The Balaban J connectivity index is 1.32. The van der Waals surface area contributed by atoms with Gasteiger partial charge in [-0.2, -0.15) is 0 Å². The number of ether oxygens (including phenoxy) is 1. The van der Waals surface area contributed by atoms with E-state index in [1.54, 1.807) is 25.3 Å². The molecule has 2 atom stereocenters. The van der Waals surface area contributed by atoms with Crippen molar-refractivity contribution in [3.63, 3.8) is 0 Å². The van der Waals surface area contributed by atoms with Crippen LogP contribution in [0.2, 0.25) is 10.0 Å². The van der Waals surface area contributed by atoms with Gasteiger partial charge in [-0.15, -0.1) is 0 Å². The standard InChI is InChI=1S/C27H34Cl2N6O3/c1-38-13-5-12-35-24-8-3-2-7-23(24)33-26(35)18-6-4-11-34(17-18)25(36)14-19(30)16-31-27(37)32-20-9-10-21(28)22(29)15-20/h2-3,7-10,15,18-19H,4-6,11-14,16-17,30H2,1H3,(H2,31,32,37)/t18-,19-/m1/s1. The van der Waals surface area contributed by atoms with Crippen molar-refractivity contribution in [2.45, 2.75) is 44.2 Å². The highest BCUT2D eigenvalue weighted by atomic mass is 35.5. The van der Waals surface area contributed by atoms with Crippen molar-refractivity contribution in [3.8, 4) is 0 Å². The molecule has 9 nitrogen and oxygen atoms in total. The number of amides is 3. The topological polar surface area (TPSA) is 115 Å². The maximum absolute atomic E-state index is 13.1. The summed E-state index contributed by atoms with van der Waals surface area (Å²) in [6.45, 7) is 2.95. The van der Waals surface area contributed by atoms with Crippen molar-refractivity contribution >= 4 is 51.9 Å². The highest BCUT2D eigenvalue weighted by Crippen LogP contribution is 2.30. The summed E-state index contributed by atoms with van der Waals surface area (Å²) >= 11 is 11.9. The molecule has 1 aliphatic heterocycles. The number of carbonyl (C=O) groups excluding carboxylic acids is 2. The van der Waals surface area contributed by atoms with Crippen molar-refractivity contribution < 1.29 is 14.3 Å². The number of urea groups is 1. The van der Waals surface area contributed by atoms with Gasteiger partial charge in [0.25, 0.3) is 0 Å². The monoisotopic (exact) mass is 560 g/mol. The molecular weight excluding hydrogens is 527 g/mol. The summed E-state index contributed by atoms with van der Waals surface area (Å²) in [4.78, 5) is 32.2. The van der Waals surface area contributed by atoms with Crippen LogP contribution < -0.4 is 16.4 Å². The molecule has 3 aromatic rings. The number of rotatable bonds is 10. The van der Waals surface area contributed by atoms with E-state index in [0.717, 1.165) is 42.7 Å². The van der Waals surface area contributed by atoms with Gasteiger partial charge in [-0.25, -0.2) is 9.78 Å². The van der Waals surface area contributed by atoms with E-state index in [-0.39, 0.29) is 24.8 Å². The number of hydrogen-bond acceptors (Lipinski definition) is 5. The van der Waals surface area contributed by atoms with Gasteiger partial charge >= 0.3 is 6.03 Å². The highest BCUT2D eigenvalue weighted by molar-refractivity contribution is 6.42. The van der Waals surface area contributed by atoms with Gasteiger partial charge in [-0.3, -0.25) is 4.79 Å². The van der Waals surface area contributed by atoms with E-state index in [2.05, 4.69) is 21.3 Å². The van der Waals surface area contributed by atoms with E-state index >= 15 is 0 Å². The number of hydrogen-bond donors (Lipinski definition) is 3. The van der Waals surface area contributed by atoms with Crippen molar-refractivity contribution in [1.29, 1.82) is 0 Å². The van der Waals surface area contributed by atoms with Crippen LogP contribution in [0, 0.1) is 0 Å². The molecule has 0 radical (unpaired) electrons. The fourth-order valence-electron chi connectivity index (χ4n) is 4.82. The molecule has 0 unspecified atom stereocenters. The van der Waals surface area contributed by atoms with E-state index < -0.39 is 12.1 Å². The number of nitrogens with two attached hydrogens (primary N) is 1. The lowest BCUT2D eigenvalue weighted by Crippen LogP contribution is -2.45. The number of nitrogens with one attached hydrogen (secondary N) is 2. The first-order valence-corrected chi connectivity index (χ1v) is 13.6. The number of carbonyl (C=O) groups is 2. The molecule has 0 bridgehead atoms. The van der Waals surface area contributed by atoms with Gasteiger partial charge in [0.15, 0.2) is 0 Å². The van der Waals surface area contributed by atoms with E-state index in [0.29, 0.717) is 35.4 Å². The van der Waals surface area contributed by atoms with Gasteiger partial charge < -0.3 is 30.6 Å². The van der Waals surface area contributed by atoms with Crippen LogP contribution in [0.15, 0.2) is 42.5 Å². The van der Waals surface area contributed by atoms with Crippen LogP contribution in [0.25, 0.3) is 11.0 Å². The van der Waals surface area contributed by atoms with Gasteiger partial charge in [0.1, 0.15) is 5.82 Å². The Kier molecular flexibility index (Phi) is 9.85. The number of aryl methyl sites for hydroxylation is 1. The summed E-state index contributed by atoms with van der Waals surface area (Å²) in [6, 6.07) is 12.0. The molecule has 0 aliphatic carbocycles. The van der Waals surface area contributed by atoms with Crippen LogP contribution in [0.5, 0.6) is 0 Å². The number of fused-ring (bicyclic) bond motifs is 1. The van der Waals surface area contributed by atoms with Crippen LogP contribution in [-0.4, -0.2) is 65.8 Å². The Bertz CT molecular complexity index is 1270. The van der Waals surface area contributed by atoms with Gasteiger partial charge in [0, 0.05) is 64.0 Å². The van der Waals surface area contributed by atoms with Gasteiger partial charge in [-0.1, -0.05) is 35.3 Å². The smallest absolute Gasteiger partial charge is 0.319 e. The second-order valence-corrected chi connectivity index (χ2v) is 10.4. The minimum absolute atomic E-state index is 0.0177. The first-order chi connectivity index (χ1) is 18.4. The van der Waals surface area contributed by atoms with Crippen molar-refractivity contribution in [2.75, 3.05) is 38.7 Å². The quantitative estimate of drug-likeness (QED) is 0.313. The third kappa shape index (κ3) is 7.17. The van der Waals surface area contributed by atoms with Crippen LogP contribution in [0.1, 0.15) is 37.4 Å². The predicted molar refractivity (Wildman–Crippen MR) is 151 cm³/mol. The van der Waals surface area contributed by atoms with E-state index in [4.69, 9.17) is 38.7 Å². The third-order valence-electron chi connectivity index (χ3n) is 6.69. The average Bonchev–Trinajstić information content (AvgIpc) is 3.28. The maximum atomic E-state index is 13.1. The molecule has 2 aromatic carbocycles. The normalized spacial score (nSPS) is 16.4. The van der Waals surface area contributed by atoms with E-state index in [1.165, 1.54) is 0 Å². The van der Waals surface area contributed by atoms with Crippen LogP contribution in [0.4, 0.5) is 10.5 Å². The SMILES string of the molecule is COCCCn1c([C@@H]2CCCN(C(=O)C[C@@H](N)CNC(=O)Nc3ccc(Cl)c(Cl)c3)C2)nc2ccccc21. The summed E-state index contributed by atoms with van der Waals surface area (Å²) in [7, 11) is 1.71. The Morgan fingerprint density at radius 2 is 2.03 bits per heavy atom. The number of nitrogens with zero attached hydrogens (tertiary/aromatic N) is 3. The summed E-state index contributed by atoms with van der Waals surface area (Å²) in [5.41, 5.74) is 8.78. The molecule has 4 N–H and O–H groups in total. The lowest BCUT2D eigenvalue weighted by atomic mass is 9.96. The third-order valence-corrected chi connectivity index (χ3v) is 7.43. The van der Waals surface area contributed by atoms with E-state index in [1.807, 2.05) is 23.1 Å². The molecule has 0 spiro atoms. The molecule has 204 valence electrons. The zero-order valence-corrected chi connectivity index (χ0v) is 23.0. The second kappa shape index (κ2) is 13.3. The predicted octanol–water partition coefficient (Wildman–Crippen LogP) is 4.62. The van der Waals surface area contributed by atoms with Crippen LogP contribution >= 0.6 is 23.2 Å². The lowest BCUT2D eigenvalue weighted by molar-refractivity contribution is -0.132. The Morgan fingerprint density at radius 3 is 2.82 bits per heavy atom. The van der Waals surface area contributed by atoms with Gasteiger partial charge in [-0.05, 0) is 49.6 Å². The molecule has 3 amide bonds. The number of benzene rings is 2. The molecule has 1 fully saturated rings. The minimum Gasteiger partial charge on any atom is -0.385 e. The van der Waals surface area contributed by atoms with Crippen molar-refractivity contribution in [2.24, 2.45) is 5.73 Å². The molecule has 11 heteroatoms. The molecular formula is C27H34Cl2N6O3. The summed E-state index contributed by atoms with van der Waals surface area (Å²) in [5.74, 6) is 1.15. The highest BCUT2D eigenvalue weighted by Gasteiger charge is 2.29. The number of methoxy groups -OCH3 is 1. The number of imidazole rings is 1. The fraction of sp³-hybridized carbons (Fsp3) is 0.444. The zero-order chi connectivity index (χ0) is 27.1. The minimum atomic E-state index is -0.513. The molecule has 1 aliphatic rings. The first kappa shape index (κ1) is 28.2. The molecule has 0 saturated carbocycles. The average molecular weight is 562 g/mol. The Labute approximate surface area is 232 Å². The number of para-hydroxylation sites is 2. The van der Waals surface area contributed by atoms with Crippen molar-refractivity contribution in [1.82, 2.24) is 19.8 Å². The maximum Gasteiger partial charge on any atom is 0.319 e. The first-order valence-electron chi connectivity index (χ1n) is 12.8. The fourth-order valence-corrected chi connectivity index (χ4v) is 5.12. The molecule has 1 saturated heterocycles. The summed E-state index contributed by atoms with van der Waals surface area (Å²) in [5, 5.41) is 6.14. The second-order valence-electron chi connectivity index (χ2n) is 9.56. The van der Waals surface area contributed by atoms with Gasteiger partial charge in [0.2, 0.25) is 5.91 Å². The summed E-state index contributed by atoms with van der Waals surface area (Å²) < 4.78 is 7.53. The Morgan fingerprint density at radius 1 is 1.21 bits per heavy atom. The number of aromatic nitrogens is 2. The molecule has 38 heavy (non-hydrogen) atoms. The van der Waals surface area contributed by atoms with Crippen molar-refractivity contribution in [3.05, 3.63) is 58.3 Å². The molecule has 4 rings (SSSR count). The molecule has 1 aromatic heterocycles. The van der Waals surface area contributed by atoms with Gasteiger partial charge in [0.05, 0.1) is 21.1 Å². The number of anilines is 1. The van der Waals surface area contributed by atoms with Crippen LogP contribution in [-0.2, 0) is 16.1 Å². The Hall–Kier alpha value is -2.85. The number of piperidine rings is 1. The van der Waals surface area contributed by atoms with E-state index in [9.17, 15) is 9.59 Å². The van der Waals surface area contributed by atoms with Crippen LogP contribution in [0.3, 0.4) is 0 Å².